The van der Waals surface area contributed by atoms with E-state index in [0.29, 0.717) is 22.9 Å². The van der Waals surface area contributed by atoms with Gasteiger partial charge in [0.15, 0.2) is 9.84 Å². The molecular weight excluding hydrogens is 462 g/mol. The lowest BCUT2D eigenvalue weighted by molar-refractivity contribution is -0.0156. The van der Waals surface area contributed by atoms with Gasteiger partial charge >= 0.3 is 0 Å². The summed E-state index contributed by atoms with van der Waals surface area (Å²) in [6.45, 7) is 4.48. The molecule has 33 heavy (non-hydrogen) atoms. The maximum absolute atomic E-state index is 12.2. The molecule has 1 atom stereocenters. The van der Waals surface area contributed by atoms with E-state index in [1.54, 1.807) is 6.07 Å². The van der Waals surface area contributed by atoms with Crippen molar-refractivity contribution in [2.24, 2.45) is 0 Å². The molecule has 0 unspecified atom stereocenters. The first-order valence-electron chi connectivity index (χ1n) is 10.9. The summed E-state index contributed by atoms with van der Waals surface area (Å²) in [6, 6.07) is 15.1. The predicted molar refractivity (Wildman–Crippen MR) is 127 cm³/mol. The Labute approximate surface area is 200 Å². The average Bonchev–Trinajstić information content (AvgIpc) is 2.75. The van der Waals surface area contributed by atoms with Crippen molar-refractivity contribution in [3.63, 3.8) is 0 Å². The highest BCUT2D eigenvalue weighted by atomic mass is 35.5. The summed E-state index contributed by atoms with van der Waals surface area (Å²) in [4.78, 5) is 2.38. The van der Waals surface area contributed by atoms with Crippen LogP contribution in [-0.2, 0) is 25.7 Å². The maximum Gasteiger partial charge on any atom is 0.161 e. The minimum Gasteiger partial charge on any atom is -0.492 e. The molecule has 0 amide bonds. The number of nitrogens with zero attached hydrogens (tertiary/aromatic N) is 2. The third-order valence-corrected chi connectivity index (χ3v) is 8.46. The maximum atomic E-state index is 12.2. The zero-order valence-corrected chi connectivity index (χ0v) is 20.2. The van der Waals surface area contributed by atoms with E-state index in [-0.39, 0.29) is 19.3 Å². The molecule has 9 heteroatoms. The number of rotatable bonds is 8. The highest BCUT2D eigenvalue weighted by Gasteiger charge is 2.49. The van der Waals surface area contributed by atoms with Gasteiger partial charge in [0.25, 0.3) is 0 Å². The molecule has 0 bridgehead atoms. The number of piperazine rings is 1. The molecule has 2 saturated heterocycles. The van der Waals surface area contributed by atoms with Crippen LogP contribution in [-0.4, -0.2) is 71.6 Å². The molecule has 0 saturated carbocycles. The summed E-state index contributed by atoms with van der Waals surface area (Å²) in [5, 5.41) is 13.2. The van der Waals surface area contributed by atoms with E-state index >= 15 is 0 Å². The first kappa shape index (κ1) is 24.0. The number of ether oxygens (including phenoxy) is 2. The normalized spacial score (nSPS) is 20.6. The second-order valence-corrected chi connectivity index (χ2v) is 11.5. The number of halogens is 1. The first-order chi connectivity index (χ1) is 15.8. The smallest absolute Gasteiger partial charge is 0.161 e. The average molecular weight is 490 g/mol. The van der Waals surface area contributed by atoms with Crippen molar-refractivity contribution in [3.8, 4) is 11.8 Å². The first-order valence-corrected chi connectivity index (χ1v) is 13.2. The molecule has 0 spiro atoms. The number of hydrogen-bond acceptors (Lipinski definition) is 7. The van der Waals surface area contributed by atoms with Crippen LogP contribution in [0.2, 0.25) is 5.02 Å². The minimum atomic E-state index is -3.27. The van der Waals surface area contributed by atoms with Crippen LogP contribution in [0.3, 0.4) is 0 Å². The molecule has 7 nitrogen and oxygen atoms in total. The standard InChI is InChI=1S/C24H28ClN3O4S/c1-33(29,30)24(16-31-17-24)20-2-4-23(5-3-20)32-15-22-14-28(9-7-27-22)8-6-18-10-19(13-26)12-21(25)11-18/h2-5,10-12,22,27H,6-9,14-17H2,1H3/t22-/m0/s1. The van der Waals surface area contributed by atoms with Gasteiger partial charge in [-0.15, -0.1) is 0 Å². The van der Waals surface area contributed by atoms with Gasteiger partial charge in [0.1, 0.15) is 17.1 Å². The van der Waals surface area contributed by atoms with Gasteiger partial charge in [-0.05, 0) is 47.9 Å². The number of nitrogens with one attached hydrogen (secondary N) is 1. The van der Waals surface area contributed by atoms with E-state index in [9.17, 15) is 8.42 Å². The molecule has 2 heterocycles. The van der Waals surface area contributed by atoms with Crippen molar-refractivity contribution in [2.45, 2.75) is 17.2 Å². The van der Waals surface area contributed by atoms with Crippen LogP contribution >= 0.6 is 11.6 Å². The number of sulfone groups is 1. The number of benzene rings is 2. The fourth-order valence-corrected chi connectivity index (χ4v) is 5.71. The van der Waals surface area contributed by atoms with Gasteiger partial charge in [0, 0.05) is 37.5 Å². The topological polar surface area (TPSA) is 91.7 Å². The largest absolute Gasteiger partial charge is 0.492 e. The third-order valence-electron chi connectivity index (χ3n) is 6.35. The summed E-state index contributed by atoms with van der Waals surface area (Å²) >= 11 is 6.11. The molecule has 4 rings (SSSR count). The molecule has 176 valence electrons. The predicted octanol–water partition coefficient (Wildman–Crippen LogP) is 2.38. The van der Waals surface area contributed by atoms with Crippen molar-refractivity contribution in [3.05, 3.63) is 64.2 Å². The van der Waals surface area contributed by atoms with Crippen LogP contribution in [0.25, 0.3) is 0 Å². The summed E-state index contributed by atoms with van der Waals surface area (Å²) in [5.41, 5.74) is 2.39. The zero-order chi connectivity index (χ0) is 23.5. The van der Waals surface area contributed by atoms with E-state index in [1.165, 1.54) is 6.26 Å². The van der Waals surface area contributed by atoms with Gasteiger partial charge in [-0.3, -0.25) is 0 Å². The molecule has 0 aromatic heterocycles. The molecule has 2 aromatic rings. The second-order valence-electron chi connectivity index (χ2n) is 8.76. The Bertz CT molecular complexity index is 1130. The Kier molecular flexibility index (Phi) is 7.27. The molecule has 2 aromatic carbocycles. The Morgan fingerprint density at radius 3 is 2.67 bits per heavy atom. The lowest BCUT2D eigenvalue weighted by atomic mass is 9.96. The highest BCUT2D eigenvalue weighted by Crippen LogP contribution is 2.38. The summed E-state index contributed by atoms with van der Waals surface area (Å²) < 4.78 is 34.7. The molecule has 0 radical (unpaired) electrons. The summed E-state index contributed by atoms with van der Waals surface area (Å²) in [6.07, 6.45) is 2.09. The lowest BCUT2D eigenvalue weighted by Crippen LogP contribution is -2.53. The fraction of sp³-hybridized carbons (Fsp3) is 0.458. The molecule has 2 aliphatic rings. The second kappa shape index (κ2) is 10.00. The van der Waals surface area contributed by atoms with Crippen LogP contribution in [0.4, 0.5) is 0 Å². The van der Waals surface area contributed by atoms with Gasteiger partial charge in [-0.1, -0.05) is 23.7 Å². The van der Waals surface area contributed by atoms with Gasteiger partial charge in [0.2, 0.25) is 0 Å². The summed E-state index contributed by atoms with van der Waals surface area (Å²) in [7, 11) is -3.27. The quantitative estimate of drug-likeness (QED) is 0.608. The zero-order valence-electron chi connectivity index (χ0n) is 18.6. The Balaban J connectivity index is 1.29. The van der Waals surface area contributed by atoms with Gasteiger partial charge in [-0.2, -0.15) is 5.26 Å². The van der Waals surface area contributed by atoms with E-state index in [4.69, 9.17) is 26.3 Å². The Morgan fingerprint density at radius 2 is 2.03 bits per heavy atom. The van der Waals surface area contributed by atoms with Gasteiger partial charge in [-0.25, -0.2) is 8.42 Å². The van der Waals surface area contributed by atoms with E-state index in [1.807, 2.05) is 36.4 Å². The van der Waals surface area contributed by atoms with Crippen LogP contribution in [0.15, 0.2) is 42.5 Å². The van der Waals surface area contributed by atoms with Crippen molar-refractivity contribution in [1.29, 1.82) is 5.26 Å². The molecule has 2 fully saturated rings. The monoisotopic (exact) mass is 489 g/mol. The van der Waals surface area contributed by atoms with Crippen molar-refractivity contribution in [1.82, 2.24) is 10.2 Å². The van der Waals surface area contributed by atoms with Gasteiger partial charge in [0.05, 0.1) is 30.9 Å². The molecule has 2 aliphatic heterocycles. The number of nitriles is 1. The Morgan fingerprint density at radius 1 is 1.27 bits per heavy atom. The molecule has 1 N–H and O–H groups in total. The van der Waals surface area contributed by atoms with Crippen molar-refractivity contribution >= 4 is 21.4 Å². The van der Waals surface area contributed by atoms with Crippen molar-refractivity contribution < 1.29 is 17.9 Å². The molecular formula is C24H28ClN3O4S. The van der Waals surface area contributed by atoms with E-state index in [0.717, 1.165) is 43.7 Å². The van der Waals surface area contributed by atoms with E-state index < -0.39 is 14.6 Å². The van der Waals surface area contributed by atoms with Crippen molar-refractivity contribution in [2.75, 3.05) is 52.3 Å². The van der Waals surface area contributed by atoms with Crippen LogP contribution in [0.1, 0.15) is 16.7 Å². The summed E-state index contributed by atoms with van der Waals surface area (Å²) in [5.74, 6) is 0.713. The van der Waals surface area contributed by atoms with Gasteiger partial charge < -0.3 is 19.7 Å². The van der Waals surface area contributed by atoms with Crippen LogP contribution < -0.4 is 10.1 Å². The van der Waals surface area contributed by atoms with Crippen LogP contribution in [0.5, 0.6) is 5.75 Å². The minimum absolute atomic E-state index is 0.190. The SMILES string of the molecule is CS(=O)(=O)C1(c2ccc(OC[C@@H]3CN(CCc4cc(Cl)cc(C#N)c4)CCN3)cc2)COC1. The highest BCUT2D eigenvalue weighted by molar-refractivity contribution is 7.91. The lowest BCUT2D eigenvalue weighted by Gasteiger charge is -2.40. The third kappa shape index (κ3) is 5.51. The fourth-order valence-electron chi connectivity index (χ4n) is 4.29. The van der Waals surface area contributed by atoms with Crippen LogP contribution in [0, 0.1) is 11.3 Å². The molecule has 0 aliphatic carbocycles. The van der Waals surface area contributed by atoms with E-state index in [2.05, 4.69) is 16.3 Å². The number of hydrogen-bond donors (Lipinski definition) is 1. The Hall–Kier alpha value is -2.15.